The Hall–Kier alpha value is -5.93. The average Bonchev–Trinajstić information content (AvgIpc) is 3.14. The summed E-state index contributed by atoms with van der Waals surface area (Å²) in [6.07, 6.45) is 7.68. The Morgan fingerprint density at radius 3 is 2.15 bits per heavy atom. The van der Waals surface area contributed by atoms with Gasteiger partial charge in [-0.1, -0.05) is 97.1 Å². The van der Waals surface area contributed by atoms with Crippen LogP contribution in [0.25, 0.3) is 32.7 Å². The molecule has 0 N–H and O–H groups in total. The normalized spacial score (nSPS) is 14.8. The van der Waals surface area contributed by atoms with Crippen LogP contribution in [0, 0.1) is 6.92 Å². The Kier molecular flexibility index (Phi) is 6.72. The van der Waals surface area contributed by atoms with E-state index in [4.69, 9.17) is 4.98 Å². The Labute approximate surface area is 281 Å². The van der Waals surface area contributed by atoms with Crippen LogP contribution in [0.4, 0.5) is 28.6 Å². The summed E-state index contributed by atoms with van der Waals surface area (Å²) in [6, 6.07) is 50.2. The van der Waals surface area contributed by atoms with Gasteiger partial charge in [0.05, 0.1) is 11.7 Å². The second-order valence-corrected chi connectivity index (χ2v) is 12.9. The molecule has 0 bridgehead atoms. The van der Waals surface area contributed by atoms with Gasteiger partial charge in [0.2, 0.25) is 0 Å². The standard InChI is InChI=1S/C45H35N3/c1-30-27-41(47(34-15-5-3-6-16-34)36-21-20-32-13-9-10-14-33(32)29-36)39-24-22-38-31(2)28-42(40-25-23-37(30)44(39)45(38)40)48(35-17-7-4-8-18-35)43-19-11-12-26-46-43/h3-22,24-29,42H,23H2,1-2H3. The number of aryl methyl sites for hydroxylation is 1. The van der Waals surface area contributed by atoms with Gasteiger partial charge in [-0.25, -0.2) is 4.98 Å². The van der Waals surface area contributed by atoms with Gasteiger partial charge in [0.25, 0.3) is 0 Å². The molecule has 3 nitrogen and oxygen atoms in total. The molecule has 2 aliphatic carbocycles. The molecule has 3 heteroatoms. The maximum Gasteiger partial charge on any atom is 0.133 e. The van der Waals surface area contributed by atoms with E-state index in [9.17, 15) is 0 Å². The summed E-state index contributed by atoms with van der Waals surface area (Å²) in [6.45, 7) is 4.55. The molecule has 7 aromatic rings. The molecular weight excluding hydrogens is 583 g/mol. The zero-order chi connectivity index (χ0) is 32.2. The molecule has 1 aromatic heterocycles. The van der Waals surface area contributed by atoms with Crippen LogP contribution in [0.15, 0.2) is 158 Å². The van der Waals surface area contributed by atoms with Crippen molar-refractivity contribution in [2.24, 2.45) is 0 Å². The van der Waals surface area contributed by atoms with Crippen molar-refractivity contribution in [3.8, 4) is 0 Å². The molecule has 0 saturated heterocycles. The van der Waals surface area contributed by atoms with E-state index in [-0.39, 0.29) is 6.04 Å². The van der Waals surface area contributed by atoms with Crippen molar-refractivity contribution >= 4 is 61.3 Å². The first kappa shape index (κ1) is 28.3. The Balaban J connectivity index is 1.28. The molecule has 0 radical (unpaired) electrons. The van der Waals surface area contributed by atoms with Crippen molar-refractivity contribution in [1.29, 1.82) is 0 Å². The SMILES string of the molecule is CC1=CC(N(c2ccccc2)c2ccccn2)C2=CCc3c(C)cc(N(c4ccccc4)c4ccc5ccccc5c4)c4ccc1c2c34. The number of nitrogens with zero attached hydrogens (tertiary/aromatic N) is 3. The number of rotatable bonds is 6. The minimum absolute atomic E-state index is 0.00299. The number of anilines is 5. The number of allylic oxidation sites excluding steroid dienone is 2. The minimum atomic E-state index is 0.00299. The minimum Gasteiger partial charge on any atom is -0.315 e. The van der Waals surface area contributed by atoms with Gasteiger partial charge in [-0.15, -0.1) is 0 Å². The van der Waals surface area contributed by atoms with Gasteiger partial charge in [-0.05, 0) is 124 Å². The first-order chi connectivity index (χ1) is 23.7. The number of pyridine rings is 1. The first-order valence-electron chi connectivity index (χ1n) is 16.7. The van der Waals surface area contributed by atoms with E-state index in [1.165, 1.54) is 60.6 Å². The van der Waals surface area contributed by atoms with E-state index in [1.54, 1.807) is 0 Å². The summed E-state index contributed by atoms with van der Waals surface area (Å²) >= 11 is 0. The van der Waals surface area contributed by atoms with Gasteiger partial charge in [-0.2, -0.15) is 0 Å². The second-order valence-electron chi connectivity index (χ2n) is 12.9. The molecule has 1 unspecified atom stereocenters. The molecule has 230 valence electrons. The van der Waals surface area contributed by atoms with Crippen molar-refractivity contribution in [3.05, 3.63) is 180 Å². The van der Waals surface area contributed by atoms with Gasteiger partial charge >= 0.3 is 0 Å². The van der Waals surface area contributed by atoms with Crippen molar-refractivity contribution in [2.75, 3.05) is 9.80 Å². The summed E-state index contributed by atoms with van der Waals surface area (Å²) in [4.78, 5) is 9.69. The topological polar surface area (TPSA) is 19.4 Å². The number of hydrogen-bond acceptors (Lipinski definition) is 3. The highest BCUT2D eigenvalue weighted by atomic mass is 15.2. The summed E-state index contributed by atoms with van der Waals surface area (Å²) in [7, 11) is 0. The maximum atomic E-state index is 4.86. The summed E-state index contributed by atoms with van der Waals surface area (Å²) in [5.41, 5.74) is 12.7. The number of hydrogen-bond donors (Lipinski definition) is 0. The second kappa shape index (κ2) is 11.4. The lowest BCUT2D eigenvalue weighted by molar-refractivity contribution is 0.921. The molecule has 0 saturated carbocycles. The van der Waals surface area contributed by atoms with Gasteiger partial charge in [0.1, 0.15) is 5.82 Å². The van der Waals surface area contributed by atoms with Crippen molar-refractivity contribution in [2.45, 2.75) is 26.3 Å². The van der Waals surface area contributed by atoms with E-state index in [0.717, 1.165) is 29.3 Å². The average molecular weight is 618 g/mol. The van der Waals surface area contributed by atoms with E-state index in [0.29, 0.717) is 0 Å². The fourth-order valence-electron chi connectivity index (χ4n) is 7.83. The van der Waals surface area contributed by atoms with Gasteiger partial charge < -0.3 is 9.80 Å². The Bertz CT molecular complexity index is 2350. The summed E-state index contributed by atoms with van der Waals surface area (Å²) < 4.78 is 0. The van der Waals surface area contributed by atoms with Crippen LogP contribution in [0.2, 0.25) is 0 Å². The molecule has 9 rings (SSSR count). The van der Waals surface area contributed by atoms with Gasteiger partial charge in [0, 0.05) is 28.6 Å². The van der Waals surface area contributed by atoms with E-state index >= 15 is 0 Å². The number of benzene rings is 6. The zero-order valence-electron chi connectivity index (χ0n) is 27.1. The van der Waals surface area contributed by atoms with Gasteiger partial charge in [-0.3, -0.25) is 0 Å². The molecule has 0 spiro atoms. The predicted octanol–water partition coefficient (Wildman–Crippen LogP) is 11.7. The molecular formula is C45H35N3. The van der Waals surface area contributed by atoms with Crippen LogP contribution in [0.3, 0.4) is 0 Å². The fourth-order valence-corrected chi connectivity index (χ4v) is 7.83. The van der Waals surface area contributed by atoms with E-state index in [1.807, 2.05) is 12.3 Å². The molecule has 0 aliphatic heterocycles. The highest BCUT2D eigenvalue weighted by molar-refractivity contribution is 6.12. The molecule has 0 fully saturated rings. The van der Waals surface area contributed by atoms with Crippen LogP contribution >= 0.6 is 0 Å². The fraction of sp³-hybridized carbons (Fsp3) is 0.0889. The van der Waals surface area contributed by atoms with Gasteiger partial charge in [0.15, 0.2) is 0 Å². The summed E-state index contributed by atoms with van der Waals surface area (Å²) in [5.74, 6) is 0.941. The largest absolute Gasteiger partial charge is 0.315 e. The smallest absolute Gasteiger partial charge is 0.133 e. The quantitative estimate of drug-likeness (QED) is 0.185. The Morgan fingerprint density at radius 1 is 0.646 bits per heavy atom. The van der Waals surface area contributed by atoms with Crippen LogP contribution in [0.5, 0.6) is 0 Å². The third kappa shape index (κ3) is 4.54. The lowest BCUT2D eigenvalue weighted by Crippen LogP contribution is -2.34. The lowest BCUT2D eigenvalue weighted by atomic mass is 9.75. The Morgan fingerprint density at radius 2 is 1.38 bits per heavy atom. The molecule has 1 heterocycles. The molecule has 6 aromatic carbocycles. The lowest BCUT2D eigenvalue weighted by Gasteiger charge is -2.39. The van der Waals surface area contributed by atoms with Crippen LogP contribution in [-0.2, 0) is 6.42 Å². The third-order valence-electron chi connectivity index (χ3n) is 10.0. The van der Waals surface area contributed by atoms with E-state index in [2.05, 4.69) is 169 Å². The maximum absolute atomic E-state index is 4.86. The van der Waals surface area contributed by atoms with Crippen molar-refractivity contribution < 1.29 is 0 Å². The van der Waals surface area contributed by atoms with Crippen LogP contribution in [-0.4, -0.2) is 11.0 Å². The van der Waals surface area contributed by atoms with Crippen molar-refractivity contribution in [3.63, 3.8) is 0 Å². The molecule has 48 heavy (non-hydrogen) atoms. The monoisotopic (exact) mass is 617 g/mol. The number of aromatic nitrogens is 1. The predicted molar refractivity (Wildman–Crippen MR) is 203 cm³/mol. The first-order valence-corrected chi connectivity index (χ1v) is 16.7. The number of fused-ring (bicyclic) bond motifs is 1. The van der Waals surface area contributed by atoms with Crippen LogP contribution < -0.4 is 9.80 Å². The third-order valence-corrected chi connectivity index (χ3v) is 10.0. The molecule has 0 amide bonds. The van der Waals surface area contributed by atoms with Crippen molar-refractivity contribution in [1.82, 2.24) is 4.98 Å². The number of para-hydroxylation sites is 2. The van der Waals surface area contributed by atoms with E-state index < -0.39 is 0 Å². The highest BCUT2D eigenvalue weighted by Crippen LogP contribution is 2.50. The zero-order valence-corrected chi connectivity index (χ0v) is 27.1. The molecule has 2 aliphatic rings. The van der Waals surface area contributed by atoms with Crippen LogP contribution in [0.1, 0.15) is 29.2 Å². The molecule has 1 atom stereocenters. The highest BCUT2D eigenvalue weighted by Gasteiger charge is 2.34. The summed E-state index contributed by atoms with van der Waals surface area (Å²) in [5, 5.41) is 5.12.